The molecule has 0 heterocycles. The van der Waals surface area contributed by atoms with Crippen LogP contribution in [0.3, 0.4) is 0 Å². The minimum Gasteiger partial charge on any atom is -0.465 e. The molecular formula is C11H22N2O2. The molecule has 0 aromatic rings. The summed E-state index contributed by atoms with van der Waals surface area (Å²) >= 11 is 0. The smallest absolute Gasteiger partial charge is 0.404 e. The third-order valence-electron chi connectivity index (χ3n) is 3.46. The first-order chi connectivity index (χ1) is 7.09. The van der Waals surface area contributed by atoms with Gasteiger partial charge in [-0.05, 0) is 38.0 Å². The third-order valence-corrected chi connectivity index (χ3v) is 3.46. The highest BCUT2D eigenvalue weighted by Gasteiger charge is 2.23. The fourth-order valence-corrected chi connectivity index (χ4v) is 2.39. The maximum Gasteiger partial charge on any atom is 0.404 e. The number of hydrogen-bond acceptors (Lipinski definition) is 2. The molecule has 0 spiro atoms. The van der Waals surface area contributed by atoms with Crippen molar-refractivity contribution in [3.05, 3.63) is 0 Å². The van der Waals surface area contributed by atoms with Crippen LogP contribution in [0, 0.1) is 11.8 Å². The Kier molecular flexibility index (Phi) is 4.88. The molecule has 0 radical (unpaired) electrons. The summed E-state index contributed by atoms with van der Waals surface area (Å²) in [5, 5.41) is 10.8. The molecule has 0 aromatic heterocycles. The number of carboxylic acid groups (broad SMARTS) is 1. The second kappa shape index (κ2) is 5.95. The summed E-state index contributed by atoms with van der Waals surface area (Å²) in [5.74, 6) is 1.36. The van der Waals surface area contributed by atoms with Gasteiger partial charge in [0.25, 0.3) is 0 Å². The molecule has 0 unspecified atom stereocenters. The van der Waals surface area contributed by atoms with Gasteiger partial charge < -0.3 is 16.2 Å². The van der Waals surface area contributed by atoms with E-state index in [1.807, 2.05) is 0 Å². The second-order valence-electron chi connectivity index (χ2n) is 4.66. The SMILES string of the molecule is C[C@H](N)C1CCC(CCNC(=O)O)CC1. The Balaban J connectivity index is 2.12. The molecule has 4 heteroatoms. The van der Waals surface area contributed by atoms with Gasteiger partial charge in [0.05, 0.1) is 0 Å². The average molecular weight is 214 g/mol. The van der Waals surface area contributed by atoms with Gasteiger partial charge in [-0.25, -0.2) is 4.79 Å². The van der Waals surface area contributed by atoms with Crippen LogP contribution < -0.4 is 11.1 Å². The Morgan fingerprint density at radius 3 is 2.53 bits per heavy atom. The van der Waals surface area contributed by atoms with Crippen LogP contribution in [0.1, 0.15) is 39.0 Å². The quantitative estimate of drug-likeness (QED) is 0.668. The van der Waals surface area contributed by atoms with E-state index in [0.717, 1.165) is 6.42 Å². The first kappa shape index (κ1) is 12.3. The molecule has 15 heavy (non-hydrogen) atoms. The first-order valence-electron chi connectivity index (χ1n) is 5.82. The molecule has 4 nitrogen and oxygen atoms in total. The molecule has 4 N–H and O–H groups in total. The summed E-state index contributed by atoms with van der Waals surface area (Å²) in [6.07, 6.45) is 4.86. The molecule has 1 amide bonds. The predicted molar refractivity (Wildman–Crippen MR) is 59.7 cm³/mol. The molecule has 1 fully saturated rings. The van der Waals surface area contributed by atoms with Crippen molar-refractivity contribution >= 4 is 6.09 Å². The summed E-state index contributed by atoms with van der Waals surface area (Å²) in [7, 11) is 0. The number of carbonyl (C=O) groups is 1. The summed E-state index contributed by atoms with van der Waals surface area (Å²) in [5.41, 5.74) is 5.86. The van der Waals surface area contributed by atoms with Crippen molar-refractivity contribution < 1.29 is 9.90 Å². The first-order valence-corrected chi connectivity index (χ1v) is 5.82. The molecule has 1 saturated carbocycles. The van der Waals surface area contributed by atoms with E-state index < -0.39 is 6.09 Å². The molecule has 1 rings (SSSR count). The van der Waals surface area contributed by atoms with E-state index in [0.29, 0.717) is 24.4 Å². The van der Waals surface area contributed by atoms with Crippen LogP contribution in [0.5, 0.6) is 0 Å². The zero-order valence-corrected chi connectivity index (χ0v) is 9.41. The van der Waals surface area contributed by atoms with Crippen LogP contribution in [0.25, 0.3) is 0 Å². The Bertz CT molecular complexity index is 199. The molecule has 1 atom stereocenters. The van der Waals surface area contributed by atoms with Gasteiger partial charge in [-0.1, -0.05) is 12.8 Å². The minimum absolute atomic E-state index is 0.308. The third kappa shape index (κ3) is 4.51. The van der Waals surface area contributed by atoms with Crippen molar-refractivity contribution in [3.63, 3.8) is 0 Å². The topological polar surface area (TPSA) is 75.3 Å². The van der Waals surface area contributed by atoms with Crippen LogP contribution >= 0.6 is 0 Å². The number of nitrogens with two attached hydrogens (primary N) is 1. The average Bonchev–Trinajstić information content (AvgIpc) is 2.18. The van der Waals surface area contributed by atoms with Crippen LogP contribution in [0.4, 0.5) is 4.79 Å². The van der Waals surface area contributed by atoms with Gasteiger partial charge in [0.1, 0.15) is 0 Å². The standard InChI is InChI=1S/C11H22N2O2/c1-8(12)10-4-2-9(3-5-10)6-7-13-11(14)15/h8-10,13H,2-7,12H2,1H3,(H,14,15)/t8-,9?,10?/m0/s1. The van der Waals surface area contributed by atoms with E-state index in [4.69, 9.17) is 10.8 Å². The maximum atomic E-state index is 10.3. The normalized spacial score (nSPS) is 28.4. The second-order valence-corrected chi connectivity index (χ2v) is 4.66. The lowest BCUT2D eigenvalue weighted by atomic mass is 9.78. The summed E-state index contributed by atoms with van der Waals surface area (Å²) in [4.78, 5) is 10.3. The lowest BCUT2D eigenvalue weighted by molar-refractivity contribution is 0.191. The van der Waals surface area contributed by atoms with Gasteiger partial charge in [0, 0.05) is 12.6 Å². The Morgan fingerprint density at radius 2 is 2.07 bits per heavy atom. The van der Waals surface area contributed by atoms with Gasteiger partial charge in [-0.15, -0.1) is 0 Å². The maximum absolute atomic E-state index is 10.3. The zero-order chi connectivity index (χ0) is 11.3. The van der Waals surface area contributed by atoms with Crippen LogP contribution in [-0.2, 0) is 0 Å². The van der Waals surface area contributed by atoms with E-state index in [2.05, 4.69) is 12.2 Å². The van der Waals surface area contributed by atoms with Crippen LogP contribution in [0.15, 0.2) is 0 Å². The molecule has 0 bridgehead atoms. The summed E-state index contributed by atoms with van der Waals surface area (Å²) in [6, 6.07) is 0.308. The van der Waals surface area contributed by atoms with Crippen molar-refractivity contribution in [1.82, 2.24) is 5.32 Å². The highest BCUT2D eigenvalue weighted by atomic mass is 16.4. The van der Waals surface area contributed by atoms with Crippen molar-refractivity contribution in [3.8, 4) is 0 Å². The Hall–Kier alpha value is -0.770. The number of amides is 1. The van der Waals surface area contributed by atoms with Crippen molar-refractivity contribution in [2.75, 3.05) is 6.54 Å². The number of hydrogen-bond donors (Lipinski definition) is 3. The monoisotopic (exact) mass is 214 g/mol. The van der Waals surface area contributed by atoms with Crippen LogP contribution in [0.2, 0.25) is 0 Å². The van der Waals surface area contributed by atoms with E-state index >= 15 is 0 Å². The van der Waals surface area contributed by atoms with Gasteiger partial charge in [-0.3, -0.25) is 0 Å². The lowest BCUT2D eigenvalue weighted by Gasteiger charge is -2.30. The molecular weight excluding hydrogens is 192 g/mol. The van der Waals surface area contributed by atoms with Gasteiger partial charge >= 0.3 is 6.09 Å². The highest BCUT2D eigenvalue weighted by molar-refractivity contribution is 5.64. The van der Waals surface area contributed by atoms with Gasteiger partial charge in [0.2, 0.25) is 0 Å². The largest absolute Gasteiger partial charge is 0.465 e. The highest BCUT2D eigenvalue weighted by Crippen LogP contribution is 2.31. The summed E-state index contributed by atoms with van der Waals surface area (Å²) in [6.45, 7) is 2.67. The van der Waals surface area contributed by atoms with E-state index in [1.165, 1.54) is 25.7 Å². The molecule has 0 aromatic carbocycles. The van der Waals surface area contributed by atoms with Crippen molar-refractivity contribution in [2.24, 2.45) is 17.6 Å². The lowest BCUT2D eigenvalue weighted by Crippen LogP contribution is -2.31. The van der Waals surface area contributed by atoms with Gasteiger partial charge in [-0.2, -0.15) is 0 Å². The van der Waals surface area contributed by atoms with E-state index in [-0.39, 0.29) is 0 Å². The Labute approximate surface area is 91.2 Å². The van der Waals surface area contributed by atoms with Gasteiger partial charge in [0.15, 0.2) is 0 Å². The molecule has 1 aliphatic carbocycles. The predicted octanol–water partition coefficient (Wildman–Crippen LogP) is 1.80. The fourth-order valence-electron chi connectivity index (χ4n) is 2.39. The molecule has 0 aliphatic heterocycles. The van der Waals surface area contributed by atoms with Crippen molar-refractivity contribution in [1.29, 1.82) is 0 Å². The Morgan fingerprint density at radius 1 is 1.47 bits per heavy atom. The zero-order valence-electron chi connectivity index (χ0n) is 9.41. The van der Waals surface area contributed by atoms with Crippen molar-refractivity contribution in [2.45, 2.75) is 45.1 Å². The molecule has 88 valence electrons. The van der Waals surface area contributed by atoms with Crippen LogP contribution in [-0.4, -0.2) is 23.8 Å². The van der Waals surface area contributed by atoms with E-state index in [9.17, 15) is 4.79 Å². The number of rotatable bonds is 4. The number of nitrogens with one attached hydrogen (secondary N) is 1. The minimum atomic E-state index is -0.917. The fraction of sp³-hybridized carbons (Fsp3) is 0.909. The van der Waals surface area contributed by atoms with E-state index in [1.54, 1.807) is 0 Å². The summed E-state index contributed by atoms with van der Waals surface area (Å²) < 4.78 is 0. The molecule has 0 saturated heterocycles. The molecule has 1 aliphatic rings.